The summed E-state index contributed by atoms with van der Waals surface area (Å²) < 4.78 is 5.87. The maximum atomic E-state index is 12.4. The van der Waals surface area contributed by atoms with Crippen molar-refractivity contribution < 1.29 is 9.21 Å². The molecule has 5 nitrogen and oxygen atoms in total. The van der Waals surface area contributed by atoms with Gasteiger partial charge in [0, 0.05) is 26.2 Å². The number of hydrogen-bond donors (Lipinski definition) is 1. The van der Waals surface area contributed by atoms with Crippen LogP contribution in [0.3, 0.4) is 0 Å². The predicted molar refractivity (Wildman–Crippen MR) is 103 cm³/mol. The molecule has 25 heavy (non-hydrogen) atoms. The molecule has 1 amide bonds. The molecule has 2 heterocycles. The first kappa shape index (κ1) is 17.6. The first-order valence-electron chi connectivity index (χ1n) is 8.15. The van der Waals surface area contributed by atoms with E-state index in [9.17, 15) is 4.79 Å². The summed E-state index contributed by atoms with van der Waals surface area (Å²) in [7, 11) is 0. The Hall–Kier alpha value is -2.23. The number of terminal acetylenes is 1. The summed E-state index contributed by atoms with van der Waals surface area (Å²) >= 11 is 3.22. The zero-order valence-electron chi connectivity index (χ0n) is 14.1. The Kier molecular flexibility index (Phi) is 5.47. The summed E-state index contributed by atoms with van der Waals surface area (Å²) in [6, 6.07) is 9.28. The Bertz CT molecular complexity index is 801. The first-order valence-corrected chi connectivity index (χ1v) is 8.95. The van der Waals surface area contributed by atoms with E-state index < -0.39 is 0 Å². The number of nitrogens with one attached hydrogen (secondary N) is 1. The summed E-state index contributed by atoms with van der Waals surface area (Å²) in [6.45, 7) is 6.32. The van der Waals surface area contributed by atoms with Crippen molar-refractivity contribution in [1.82, 2.24) is 4.90 Å². The van der Waals surface area contributed by atoms with E-state index >= 15 is 0 Å². The third-order valence-electron chi connectivity index (χ3n) is 4.29. The third kappa shape index (κ3) is 4.06. The average Bonchev–Trinajstić information content (AvgIpc) is 3.03. The molecule has 6 heteroatoms. The van der Waals surface area contributed by atoms with E-state index in [-0.39, 0.29) is 11.7 Å². The second-order valence-corrected chi connectivity index (χ2v) is 6.78. The largest absolute Gasteiger partial charge is 0.444 e. The number of benzene rings is 1. The number of amides is 1. The molecule has 1 aliphatic rings. The summed E-state index contributed by atoms with van der Waals surface area (Å²) in [5, 5.41) is 2.97. The molecule has 0 unspecified atom stereocenters. The van der Waals surface area contributed by atoms with Crippen LogP contribution in [0.25, 0.3) is 0 Å². The van der Waals surface area contributed by atoms with E-state index in [1.165, 1.54) is 0 Å². The molecule has 0 saturated carbocycles. The van der Waals surface area contributed by atoms with E-state index in [1.54, 1.807) is 12.1 Å². The molecular weight excluding hydrogens is 382 g/mol. The molecule has 1 N–H and O–H groups in total. The average molecular weight is 402 g/mol. The van der Waals surface area contributed by atoms with Crippen molar-refractivity contribution in [2.24, 2.45) is 0 Å². The molecule has 1 aromatic carbocycles. The van der Waals surface area contributed by atoms with Crippen molar-refractivity contribution in [1.29, 1.82) is 0 Å². The Morgan fingerprint density at radius 2 is 2.04 bits per heavy atom. The zero-order chi connectivity index (χ0) is 17.8. The van der Waals surface area contributed by atoms with Crippen LogP contribution in [-0.4, -0.2) is 43.5 Å². The van der Waals surface area contributed by atoms with Crippen molar-refractivity contribution in [3.05, 3.63) is 46.3 Å². The van der Waals surface area contributed by atoms with Gasteiger partial charge in [0.25, 0.3) is 5.91 Å². The van der Waals surface area contributed by atoms with Gasteiger partial charge in [-0.1, -0.05) is 18.1 Å². The van der Waals surface area contributed by atoms with Crippen LogP contribution >= 0.6 is 15.9 Å². The second kappa shape index (κ2) is 7.77. The number of carbonyl (C=O) groups is 1. The van der Waals surface area contributed by atoms with E-state index in [0.717, 1.165) is 43.1 Å². The molecule has 0 aliphatic carbocycles. The van der Waals surface area contributed by atoms with Gasteiger partial charge in [0.1, 0.15) is 0 Å². The van der Waals surface area contributed by atoms with Crippen LogP contribution in [0.1, 0.15) is 16.1 Å². The van der Waals surface area contributed by atoms with Gasteiger partial charge in [-0.05, 0) is 46.6 Å². The van der Waals surface area contributed by atoms with E-state index in [4.69, 9.17) is 10.8 Å². The number of para-hydroxylation sites is 1. The molecule has 2 aromatic rings. The number of furan rings is 1. The maximum Gasteiger partial charge on any atom is 0.291 e. The highest BCUT2D eigenvalue weighted by atomic mass is 79.9. The lowest BCUT2D eigenvalue weighted by Crippen LogP contribution is -2.46. The molecule has 130 valence electrons. The van der Waals surface area contributed by atoms with Gasteiger partial charge in [0.15, 0.2) is 10.4 Å². The number of rotatable bonds is 4. The van der Waals surface area contributed by atoms with Crippen LogP contribution in [0.2, 0.25) is 0 Å². The van der Waals surface area contributed by atoms with Gasteiger partial charge in [0.2, 0.25) is 0 Å². The lowest BCUT2D eigenvalue weighted by Gasteiger charge is -2.37. The number of halogens is 1. The van der Waals surface area contributed by atoms with E-state index in [0.29, 0.717) is 11.2 Å². The number of aryl methyl sites for hydroxylation is 1. The Morgan fingerprint density at radius 1 is 1.28 bits per heavy atom. The fraction of sp³-hybridized carbons (Fsp3) is 0.316. The van der Waals surface area contributed by atoms with E-state index in [1.807, 2.05) is 12.1 Å². The number of nitrogens with zero attached hydrogens (tertiary/aromatic N) is 2. The molecule has 1 fully saturated rings. The summed E-state index contributed by atoms with van der Waals surface area (Å²) in [5.41, 5.74) is 2.98. The van der Waals surface area contributed by atoms with E-state index in [2.05, 4.69) is 50.0 Å². The number of hydrogen-bond acceptors (Lipinski definition) is 4. The van der Waals surface area contributed by atoms with Crippen molar-refractivity contribution in [2.75, 3.05) is 42.9 Å². The van der Waals surface area contributed by atoms with Gasteiger partial charge in [-0.3, -0.25) is 9.69 Å². The van der Waals surface area contributed by atoms with Gasteiger partial charge < -0.3 is 14.6 Å². The molecular formula is C19H20BrN3O2. The van der Waals surface area contributed by atoms with Crippen LogP contribution in [0.4, 0.5) is 11.4 Å². The van der Waals surface area contributed by atoms with Gasteiger partial charge in [-0.25, -0.2) is 0 Å². The lowest BCUT2D eigenvalue weighted by atomic mass is 10.1. The van der Waals surface area contributed by atoms with Crippen LogP contribution in [0.15, 0.2) is 39.4 Å². The SMILES string of the molecule is C#CCN1CCN(c2c(C)cccc2NC(=O)c2ccc(Br)o2)CC1. The lowest BCUT2D eigenvalue weighted by molar-refractivity contribution is 0.0995. The summed E-state index contributed by atoms with van der Waals surface area (Å²) in [6.07, 6.45) is 5.40. The number of carbonyl (C=O) groups excluding carboxylic acids is 1. The minimum Gasteiger partial charge on any atom is -0.444 e. The smallest absolute Gasteiger partial charge is 0.291 e. The van der Waals surface area contributed by atoms with Crippen LogP contribution in [-0.2, 0) is 0 Å². The van der Waals surface area contributed by atoms with Crippen LogP contribution in [0.5, 0.6) is 0 Å². The molecule has 0 atom stereocenters. The van der Waals surface area contributed by atoms with Crippen molar-refractivity contribution in [3.8, 4) is 12.3 Å². The topological polar surface area (TPSA) is 48.7 Å². The standard InChI is InChI=1S/C19H20BrN3O2/c1-3-9-22-10-12-23(13-11-22)18-14(2)5-4-6-15(18)21-19(24)16-7-8-17(20)25-16/h1,4-8H,9-13H2,2H3,(H,21,24). The second-order valence-electron chi connectivity index (χ2n) is 6.00. The van der Waals surface area contributed by atoms with Gasteiger partial charge in [-0.2, -0.15) is 0 Å². The maximum absolute atomic E-state index is 12.4. The van der Waals surface area contributed by atoms with Crippen molar-refractivity contribution in [2.45, 2.75) is 6.92 Å². The molecule has 1 aliphatic heterocycles. The summed E-state index contributed by atoms with van der Waals surface area (Å²) in [5.74, 6) is 2.71. The van der Waals surface area contributed by atoms with Crippen LogP contribution in [0, 0.1) is 19.3 Å². The molecule has 0 bridgehead atoms. The van der Waals surface area contributed by atoms with Gasteiger partial charge >= 0.3 is 0 Å². The molecule has 0 radical (unpaired) electrons. The molecule has 0 spiro atoms. The molecule has 1 aromatic heterocycles. The van der Waals surface area contributed by atoms with Crippen molar-refractivity contribution in [3.63, 3.8) is 0 Å². The molecule has 1 saturated heterocycles. The Balaban J connectivity index is 1.79. The fourth-order valence-corrected chi connectivity index (χ4v) is 3.37. The minimum atomic E-state index is -0.261. The Labute approximate surface area is 156 Å². The van der Waals surface area contributed by atoms with Gasteiger partial charge in [0.05, 0.1) is 17.9 Å². The first-order chi connectivity index (χ1) is 12.1. The fourth-order valence-electron chi connectivity index (χ4n) is 3.06. The normalized spacial score (nSPS) is 15.0. The molecule has 3 rings (SSSR count). The van der Waals surface area contributed by atoms with Crippen molar-refractivity contribution >= 4 is 33.2 Å². The zero-order valence-corrected chi connectivity index (χ0v) is 15.7. The highest BCUT2D eigenvalue weighted by Crippen LogP contribution is 2.31. The monoisotopic (exact) mass is 401 g/mol. The Morgan fingerprint density at radius 3 is 2.68 bits per heavy atom. The van der Waals surface area contributed by atoms with Crippen LogP contribution < -0.4 is 10.2 Å². The highest BCUT2D eigenvalue weighted by Gasteiger charge is 2.21. The highest BCUT2D eigenvalue weighted by molar-refractivity contribution is 9.10. The quantitative estimate of drug-likeness (QED) is 0.797. The number of piperazine rings is 1. The summed E-state index contributed by atoms with van der Waals surface area (Å²) in [4.78, 5) is 17.0. The number of anilines is 2. The predicted octanol–water partition coefficient (Wildman–Crippen LogP) is 3.36. The van der Waals surface area contributed by atoms with Gasteiger partial charge in [-0.15, -0.1) is 6.42 Å². The minimum absolute atomic E-state index is 0.261. The third-order valence-corrected chi connectivity index (χ3v) is 4.71.